The third-order valence-corrected chi connectivity index (χ3v) is 6.41. The van der Waals surface area contributed by atoms with Crippen molar-refractivity contribution >= 4 is 24.1 Å². The third-order valence-electron chi connectivity index (χ3n) is 6.41. The zero-order chi connectivity index (χ0) is 25.4. The molecule has 0 N–H and O–H groups in total. The number of halogens is 1. The predicted molar refractivity (Wildman–Crippen MR) is 141 cm³/mol. The standard InChI is InChI=1S/C27H36N2O6.ClH/c1-28(12-6-8-19-9-10-22(32-2)23(16-19)33-3)13-7-14-29-15-11-20-17-24(34-4)25(35-5)18-21(20)26(30)27(29)31;/h9-10,16-18H,6-8,11-15H2,1-5H3;1H. The summed E-state index contributed by atoms with van der Waals surface area (Å²) in [6.07, 6.45) is 3.35. The highest BCUT2D eigenvalue weighted by Gasteiger charge is 2.30. The lowest BCUT2D eigenvalue weighted by atomic mass is 10.0. The molecule has 0 saturated heterocycles. The zero-order valence-corrected chi connectivity index (χ0v) is 22.6. The largest absolute Gasteiger partial charge is 0.493 e. The van der Waals surface area contributed by atoms with Gasteiger partial charge >= 0.3 is 0 Å². The van der Waals surface area contributed by atoms with Crippen LogP contribution < -0.4 is 18.9 Å². The second kappa shape index (κ2) is 13.9. The molecule has 0 bridgehead atoms. The summed E-state index contributed by atoms with van der Waals surface area (Å²) in [5.41, 5.74) is 2.43. The highest BCUT2D eigenvalue weighted by atomic mass is 35.5. The Bertz CT molecular complexity index is 1050. The van der Waals surface area contributed by atoms with Crippen molar-refractivity contribution in [1.82, 2.24) is 9.80 Å². The summed E-state index contributed by atoms with van der Waals surface area (Å²) >= 11 is 0. The van der Waals surface area contributed by atoms with Crippen LogP contribution in [0.15, 0.2) is 30.3 Å². The number of methoxy groups -OCH3 is 4. The Morgan fingerprint density at radius 3 is 2.11 bits per heavy atom. The minimum atomic E-state index is -0.485. The number of fused-ring (bicyclic) bond motifs is 1. The molecule has 1 aliphatic heterocycles. The van der Waals surface area contributed by atoms with Crippen molar-refractivity contribution in [2.45, 2.75) is 25.7 Å². The van der Waals surface area contributed by atoms with Crippen molar-refractivity contribution in [2.24, 2.45) is 0 Å². The first kappa shape index (κ1) is 29.3. The molecular formula is C27H37ClN2O6. The Labute approximate surface area is 219 Å². The molecule has 0 unspecified atom stereocenters. The molecule has 3 rings (SSSR count). The summed E-state index contributed by atoms with van der Waals surface area (Å²) < 4.78 is 21.3. The second-order valence-corrected chi connectivity index (χ2v) is 8.69. The molecule has 0 atom stereocenters. The van der Waals surface area contributed by atoms with Gasteiger partial charge in [0.15, 0.2) is 23.0 Å². The number of hydrogen-bond acceptors (Lipinski definition) is 7. The number of nitrogens with zero attached hydrogens (tertiary/aromatic N) is 2. The van der Waals surface area contributed by atoms with Crippen LogP contribution in [0.25, 0.3) is 0 Å². The number of carbonyl (C=O) groups is 2. The van der Waals surface area contributed by atoms with E-state index in [9.17, 15) is 9.59 Å². The van der Waals surface area contributed by atoms with Crippen LogP contribution in [0.1, 0.15) is 34.3 Å². The van der Waals surface area contributed by atoms with Gasteiger partial charge in [0.1, 0.15) is 0 Å². The molecule has 198 valence electrons. The van der Waals surface area contributed by atoms with Crippen molar-refractivity contribution < 1.29 is 28.5 Å². The minimum Gasteiger partial charge on any atom is -0.493 e. The lowest BCUT2D eigenvalue weighted by Crippen LogP contribution is -2.38. The summed E-state index contributed by atoms with van der Waals surface area (Å²) in [5.74, 6) is 1.56. The van der Waals surface area contributed by atoms with Gasteiger partial charge in [0.2, 0.25) is 0 Å². The van der Waals surface area contributed by atoms with E-state index < -0.39 is 11.7 Å². The Morgan fingerprint density at radius 2 is 1.44 bits per heavy atom. The van der Waals surface area contributed by atoms with Crippen LogP contribution >= 0.6 is 12.4 Å². The van der Waals surface area contributed by atoms with Crippen LogP contribution in [-0.4, -0.2) is 83.2 Å². The van der Waals surface area contributed by atoms with Crippen LogP contribution in [-0.2, 0) is 17.6 Å². The molecule has 1 amide bonds. The van der Waals surface area contributed by atoms with Gasteiger partial charge in [-0.1, -0.05) is 6.07 Å². The number of ether oxygens (including phenoxy) is 4. The van der Waals surface area contributed by atoms with Crippen LogP contribution in [0.3, 0.4) is 0 Å². The maximum absolute atomic E-state index is 12.9. The van der Waals surface area contributed by atoms with Gasteiger partial charge in [-0.25, -0.2) is 0 Å². The maximum Gasteiger partial charge on any atom is 0.294 e. The van der Waals surface area contributed by atoms with E-state index in [4.69, 9.17) is 18.9 Å². The van der Waals surface area contributed by atoms with Gasteiger partial charge < -0.3 is 28.7 Å². The number of carbonyl (C=O) groups excluding carboxylic acids is 2. The predicted octanol–water partition coefficient (Wildman–Crippen LogP) is 3.66. The van der Waals surface area contributed by atoms with Crippen LogP contribution in [0.4, 0.5) is 0 Å². The fraction of sp³-hybridized carbons (Fsp3) is 0.481. The zero-order valence-electron chi connectivity index (χ0n) is 21.8. The maximum atomic E-state index is 12.9. The van der Waals surface area contributed by atoms with Crippen molar-refractivity contribution in [3.8, 4) is 23.0 Å². The second-order valence-electron chi connectivity index (χ2n) is 8.69. The van der Waals surface area contributed by atoms with Crippen LogP contribution in [0.5, 0.6) is 23.0 Å². The van der Waals surface area contributed by atoms with E-state index in [-0.39, 0.29) is 12.4 Å². The Morgan fingerprint density at radius 1 is 0.833 bits per heavy atom. The van der Waals surface area contributed by atoms with Crippen molar-refractivity contribution in [2.75, 3.05) is 61.7 Å². The highest BCUT2D eigenvalue weighted by Crippen LogP contribution is 2.32. The monoisotopic (exact) mass is 520 g/mol. The molecule has 9 heteroatoms. The topological polar surface area (TPSA) is 77.5 Å². The fourth-order valence-electron chi connectivity index (χ4n) is 4.40. The number of ketones is 1. The Balaban J connectivity index is 0.00000456. The molecule has 2 aromatic carbocycles. The Hall–Kier alpha value is -2.97. The van der Waals surface area contributed by atoms with Gasteiger partial charge in [-0.15, -0.1) is 12.4 Å². The van der Waals surface area contributed by atoms with Crippen molar-refractivity contribution in [3.05, 3.63) is 47.0 Å². The average molecular weight is 521 g/mol. The van der Waals surface area contributed by atoms with Gasteiger partial charge in [0, 0.05) is 18.7 Å². The van der Waals surface area contributed by atoms with Crippen LogP contribution in [0, 0.1) is 0 Å². The van der Waals surface area contributed by atoms with Gasteiger partial charge in [0.25, 0.3) is 11.7 Å². The SMILES string of the molecule is COc1ccc(CCCN(C)CCCN2CCc3cc(OC)c(OC)cc3C(=O)C2=O)cc1OC.Cl. The molecular weight excluding hydrogens is 484 g/mol. The number of amides is 1. The van der Waals surface area contributed by atoms with Gasteiger partial charge in [-0.2, -0.15) is 0 Å². The van der Waals surface area contributed by atoms with E-state index in [0.717, 1.165) is 49.4 Å². The van der Waals surface area contributed by atoms with Crippen molar-refractivity contribution in [3.63, 3.8) is 0 Å². The molecule has 1 heterocycles. The summed E-state index contributed by atoms with van der Waals surface area (Å²) in [6.45, 7) is 2.84. The number of Topliss-reactive ketones (excluding diaryl/α,β-unsaturated/α-hetero) is 1. The van der Waals surface area contributed by atoms with Crippen molar-refractivity contribution in [1.29, 1.82) is 0 Å². The summed E-state index contributed by atoms with van der Waals surface area (Å²) in [6, 6.07) is 9.43. The smallest absolute Gasteiger partial charge is 0.294 e. The number of aryl methyl sites for hydroxylation is 1. The van der Waals surface area contributed by atoms with E-state index in [1.54, 1.807) is 38.4 Å². The quantitative estimate of drug-likeness (QED) is 0.395. The third kappa shape index (κ3) is 7.04. The molecule has 0 radical (unpaired) electrons. The minimum absolute atomic E-state index is 0. The molecule has 8 nitrogen and oxygen atoms in total. The number of benzene rings is 2. The van der Waals surface area contributed by atoms with Gasteiger partial charge in [0.05, 0.1) is 28.4 Å². The van der Waals surface area contributed by atoms with E-state index in [0.29, 0.717) is 36.6 Å². The summed E-state index contributed by atoms with van der Waals surface area (Å²) in [7, 11) is 8.44. The van der Waals surface area contributed by atoms with Gasteiger partial charge in [-0.05, 0) is 81.2 Å². The normalized spacial score (nSPS) is 13.1. The van der Waals surface area contributed by atoms with E-state index in [1.807, 2.05) is 12.1 Å². The molecule has 0 saturated carbocycles. The lowest BCUT2D eigenvalue weighted by molar-refractivity contribution is -0.126. The molecule has 0 spiro atoms. The molecule has 36 heavy (non-hydrogen) atoms. The summed E-state index contributed by atoms with van der Waals surface area (Å²) in [5, 5.41) is 0. The molecule has 0 aliphatic carbocycles. The van der Waals surface area contributed by atoms with E-state index >= 15 is 0 Å². The first-order valence-corrected chi connectivity index (χ1v) is 11.9. The highest BCUT2D eigenvalue weighted by molar-refractivity contribution is 6.43. The number of rotatable bonds is 12. The van der Waals surface area contributed by atoms with E-state index in [1.165, 1.54) is 12.7 Å². The fourth-order valence-corrected chi connectivity index (χ4v) is 4.40. The lowest BCUT2D eigenvalue weighted by Gasteiger charge is -2.22. The molecule has 0 fully saturated rings. The molecule has 1 aliphatic rings. The molecule has 2 aromatic rings. The first-order valence-electron chi connectivity index (χ1n) is 11.9. The first-order chi connectivity index (χ1) is 16.9. The van der Waals surface area contributed by atoms with Gasteiger partial charge in [-0.3, -0.25) is 9.59 Å². The van der Waals surface area contributed by atoms with Crippen LogP contribution in [0.2, 0.25) is 0 Å². The summed E-state index contributed by atoms with van der Waals surface area (Å²) in [4.78, 5) is 29.6. The molecule has 0 aromatic heterocycles. The Kier molecular flexibility index (Phi) is 11.3. The number of hydrogen-bond donors (Lipinski definition) is 0. The van der Waals surface area contributed by atoms with E-state index in [2.05, 4.69) is 18.0 Å². The average Bonchev–Trinajstić information content (AvgIpc) is 2.99.